The van der Waals surface area contributed by atoms with E-state index in [0.717, 1.165) is 0 Å². The highest BCUT2D eigenvalue weighted by molar-refractivity contribution is 6.31. The molecule has 8 nitrogen and oxygen atoms in total. The lowest BCUT2D eigenvalue weighted by molar-refractivity contribution is 0.0627. The lowest BCUT2D eigenvalue weighted by Gasteiger charge is -2.35. The van der Waals surface area contributed by atoms with Gasteiger partial charge in [0.05, 0.1) is 10.9 Å². The molecule has 0 saturated carbocycles. The molecule has 1 aromatic carbocycles. The first-order chi connectivity index (χ1) is 15.4. The predicted octanol–water partition coefficient (Wildman–Crippen LogP) is 2.25. The van der Waals surface area contributed by atoms with Crippen LogP contribution in [0.2, 0.25) is 5.02 Å². The number of benzene rings is 1. The van der Waals surface area contributed by atoms with E-state index in [1.807, 2.05) is 11.8 Å². The molecule has 0 spiro atoms. The summed E-state index contributed by atoms with van der Waals surface area (Å²) in [6.45, 7) is 4.74. The molecule has 1 aliphatic heterocycles. The summed E-state index contributed by atoms with van der Waals surface area (Å²) >= 11 is 6.12. The molecule has 32 heavy (non-hydrogen) atoms. The molecule has 3 aromatic rings. The zero-order valence-corrected chi connectivity index (χ0v) is 18.4. The maximum absolute atomic E-state index is 14.1. The first kappa shape index (κ1) is 22.2. The van der Waals surface area contributed by atoms with Gasteiger partial charge in [-0.15, -0.1) is 0 Å². The number of amides is 1. The molecule has 10 heteroatoms. The fourth-order valence-corrected chi connectivity index (χ4v) is 4.14. The highest BCUT2D eigenvalue weighted by Gasteiger charge is 2.24. The Balaban J connectivity index is 1.49. The van der Waals surface area contributed by atoms with Gasteiger partial charge in [0.25, 0.3) is 11.5 Å². The number of hydrogen-bond acceptors (Lipinski definition) is 5. The Labute approximate surface area is 188 Å². The Kier molecular flexibility index (Phi) is 6.38. The van der Waals surface area contributed by atoms with Gasteiger partial charge in [-0.2, -0.15) is 0 Å². The van der Waals surface area contributed by atoms with Crippen molar-refractivity contribution >= 4 is 28.5 Å². The fraction of sp³-hybridized carbons (Fsp3) is 0.364. The van der Waals surface area contributed by atoms with Crippen molar-refractivity contribution in [2.75, 3.05) is 26.2 Å². The van der Waals surface area contributed by atoms with Gasteiger partial charge in [-0.3, -0.25) is 24.0 Å². The largest absolute Gasteiger partial charge is 0.336 e. The summed E-state index contributed by atoms with van der Waals surface area (Å²) in [4.78, 5) is 47.6. The number of pyridine rings is 1. The van der Waals surface area contributed by atoms with Crippen LogP contribution in [-0.4, -0.2) is 56.4 Å². The number of fused-ring (bicyclic) bond motifs is 1. The van der Waals surface area contributed by atoms with E-state index < -0.39 is 11.2 Å². The molecule has 0 atom stereocenters. The van der Waals surface area contributed by atoms with Gasteiger partial charge in [0, 0.05) is 56.1 Å². The minimum Gasteiger partial charge on any atom is -0.336 e. The van der Waals surface area contributed by atoms with E-state index in [-0.39, 0.29) is 28.3 Å². The summed E-state index contributed by atoms with van der Waals surface area (Å²) in [6.07, 6.45) is 2.10. The topological polar surface area (TPSA) is 91.3 Å². The Bertz CT molecular complexity index is 1260. The second-order valence-electron chi connectivity index (χ2n) is 7.77. The van der Waals surface area contributed by atoms with Crippen molar-refractivity contribution in [3.63, 3.8) is 0 Å². The highest BCUT2D eigenvalue weighted by atomic mass is 35.5. The molecule has 1 fully saturated rings. The van der Waals surface area contributed by atoms with E-state index in [1.165, 1.54) is 22.9 Å². The third-order valence-corrected chi connectivity index (χ3v) is 5.98. The van der Waals surface area contributed by atoms with Crippen molar-refractivity contribution in [2.45, 2.75) is 26.4 Å². The normalized spacial score (nSPS) is 14.8. The van der Waals surface area contributed by atoms with Gasteiger partial charge in [-0.25, -0.2) is 14.2 Å². The van der Waals surface area contributed by atoms with E-state index in [0.29, 0.717) is 56.3 Å². The third-order valence-electron chi connectivity index (χ3n) is 5.63. The molecular weight excluding hydrogens is 437 g/mol. The molecule has 2 aromatic heterocycles. The lowest BCUT2D eigenvalue weighted by atomic mass is 10.1. The Hall–Kier alpha value is -3.04. The maximum Gasteiger partial charge on any atom is 0.329 e. The van der Waals surface area contributed by atoms with Crippen LogP contribution in [0.15, 0.2) is 40.1 Å². The van der Waals surface area contributed by atoms with Crippen molar-refractivity contribution in [3.05, 3.63) is 73.3 Å². The number of rotatable bonds is 5. The number of hydrogen-bond donors (Lipinski definition) is 1. The van der Waals surface area contributed by atoms with Crippen molar-refractivity contribution in [2.24, 2.45) is 0 Å². The fourth-order valence-electron chi connectivity index (χ4n) is 3.91. The van der Waals surface area contributed by atoms with Crippen molar-refractivity contribution < 1.29 is 9.18 Å². The van der Waals surface area contributed by atoms with Crippen molar-refractivity contribution in [3.8, 4) is 0 Å². The van der Waals surface area contributed by atoms with Crippen LogP contribution in [0.3, 0.4) is 0 Å². The summed E-state index contributed by atoms with van der Waals surface area (Å²) in [7, 11) is 0. The number of nitrogens with zero attached hydrogens (tertiary/aromatic N) is 4. The first-order valence-corrected chi connectivity index (χ1v) is 10.8. The van der Waals surface area contributed by atoms with Gasteiger partial charge < -0.3 is 4.90 Å². The number of nitrogens with one attached hydrogen (secondary N) is 1. The van der Waals surface area contributed by atoms with E-state index in [4.69, 9.17) is 11.6 Å². The molecule has 0 unspecified atom stereocenters. The number of aryl methyl sites for hydroxylation is 1. The van der Waals surface area contributed by atoms with Crippen LogP contribution >= 0.6 is 11.6 Å². The van der Waals surface area contributed by atoms with Gasteiger partial charge in [0.2, 0.25) is 0 Å². The van der Waals surface area contributed by atoms with Crippen LogP contribution < -0.4 is 11.2 Å². The molecule has 3 heterocycles. The van der Waals surface area contributed by atoms with Crippen LogP contribution in [0.25, 0.3) is 11.0 Å². The lowest BCUT2D eigenvalue weighted by Crippen LogP contribution is -2.48. The van der Waals surface area contributed by atoms with Crippen LogP contribution in [0.5, 0.6) is 0 Å². The zero-order chi connectivity index (χ0) is 22.8. The minimum atomic E-state index is -0.564. The minimum absolute atomic E-state index is 0.205. The molecule has 1 N–H and O–H groups in total. The SMILES string of the molecule is CCCn1c(=O)[nH]c(=O)c2cc(C(=O)N3CCN(Cc4c(F)cccc4Cl)CC3)cnc21. The average molecular weight is 460 g/mol. The van der Waals surface area contributed by atoms with Crippen molar-refractivity contribution in [1.29, 1.82) is 0 Å². The molecule has 1 saturated heterocycles. The summed E-state index contributed by atoms with van der Waals surface area (Å²) in [6, 6.07) is 6.10. The number of aromatic nitrogens is 3. The summed E-state index contributed by atoms with van der Waals surface area (Å²) in [5.74, 6) is -0.583. The molecule has 1 amide bonds. The molecule has 0 radical (unpaired) electrons. The zero-order valence-electron chi connectivity index (χ0n) is 17.6. The molecule has 4 rings (SSSR count). The number of carbonyl (C=O) groups is 1. The highest BCUT2D eigenvalue weighted by Crippen LogP contribution is 2.22. The van der Waals surface area contributed by atoms with E-state index in [9.17, 15) is 18.8 Å². The molecule has 0 bridgehead atoms. The van der Waals surface area contributed by atoms with E-state index in [2.05, 4.69) is 9.97 Å². The van der Waals surface area contributed by atoms with Gasteiger partial charge in [-0.1, -0.05) is 24.6 Å². The van der Waals surface area contributed by atoms with Crippen LogP contribution in [-0.2, 0) is 13.1 Å². The molecule has 168 valence electrons. The van der Waals surface area contributed by atoms with Gasteiger partial charge in [-0.05, 0) is 24.6 Å². The number of H-pyrrole nitrogens is 1. The van der Waals surface area contributed by atoms with Crippen molar-refractivity contribution in [1.82, 2.24) is 24.3 Å². The van der Waals surface area contributed by atoms with Gasteiger partial charge in [0.15, 0.2) is 0 Å². The summed E-state index contributed by atoms with van der Waals surface area (Å²) in [5, 5.41) is 0.592. The van der Waals surface area contributed by atoms with Gasteiger partial charge in [0.1, 0.15) is 11.5 Å². The third kappa shape index (κ3) is 4.31. The van der Waals surface area contributed by atoms with E-state index in [1.54, 1.807) is 17.0 Å². The Morgan fingerprint density at radius 1 is 1.22 bits per heavy atom. The monoisotopic (exact) mass is 459 g/mol. The predicted molar refractivity (Wildman–Crippen MR) is 120 cm³/mol. The Morgan fingerprint density at radius 2 is 1.97 bits per heavy atom. The summed E-state index contributed by atoms with van der Waals surface area (Å²) < 4.78 is 15.5. The average Bonchev–Trinajstić information content (AvgIpc) is 2.79. The van der Waals surface area contributed by atoms with Gasteiger partial charge >= 0.3 is 5.69 Å². The van der Waals surface area contributed by atoms with Crippen LogP contribution in [0.1, 0.15) is 29.3 Å². The smallest absolute Gasteiger partial charge is 0.329 e. The first-order valence-electron chi connectivity index (χ1n) is 10.5. The number of halogens is 2. The molecule has 0 aliphatic carbocycles. The van der Waals surface area contributed by atoms with E-state index >= 15 is 0 Å². The van der Waals surface area contributed by atoms with Crippen LogP contribution in [0.4, 0.5) is 4.39 Å². The Morgan fingerprint density at radius 3 is 2.66 bits per heavy atom. The molecule has 1 aliphatic rings. The number of carbonyl (C=O) groups excluding carboxylic acids is 1. The number of aromatic amines is 1. The second-order valence-corrected chi connectivity index (χ2v) is 8.18. The van der Waals surface area contributed by atoms with Crippen LogP contribution in [0, 0.1) is 5.82 Å². The maximum atomic E-state index is 14.1. The molecular formula is C22H23ClFN5O3. The second kappa shape index (κ2) is 9.22. The quantitative estimate of drug-likeness (QED) is 0.632. The summed E-state index contributed by atoms with van der Waals surface area (Å²) in [5.41, 5.74) is -0.0721. The number of piperazine rings is 1. The standard InChI is InChI=1S/C22H23ClFN5O3/c1-2-6-29-19-15(20(30)26-22(29)32)11-14(12-25-19)21(31)28-9-7-27(8-10-28)13-16-17(23)4-3-5-18(16)24/h3-5,11-12H,2,6-10,13H2,1H3,(H,26,30,32).